The Balaban J connectivity index is 1.73. The number of aryl methyl sites for hydroxylation is 1. The number of fused-ring (bicyclic) bond motifs is 1. The average molecular weight is 447 g/mol. The normalized spacial score (nSPS) is 21.5. The smallest absolute Gasteiger partial charge is 0.428 e. The molecule has 0 saturated heterocycles. The van der Waals surface area contributed by atoms with E-state index in [-0.39, 0.29) is 17.3 Å². The Morgan fingerprint density at radius 1 is 1.32 bits per heavy atom. The van der Waals surface area contributed by atoms with E-state index in [1.807, 2.05) is 6.92 Å². The van der Waals surface area contributed by atoms with E-state index in [4.69, 9.17) is 4.74 Å². The van der Waals surface area contributed by atoms with Crippen LogP contribution >= 0.6 is 11.3 Å². The van der Waals surface area contributed by atoms with E-state index in [9.17, 15) is 14.4 Å². The van der Waals surface area contributed by atoms with Crippen LogP contribution in [0.2, 0.25) is 0 Å². The number of nitrogens with zero attached hydrogens (tertiary/aromatic N) is 3. The lowest BCUT2D eigenvalue weighted by atomic mass is 9.85. The van der Waals surface area contributed by atoms with Crippen molar-refractivity contribution < 1.29 is 9.53 Å². The molecule has 2 aliphatic rings. The molecule has 0 radical (unpaired) electrons. The molecule has 0 spiro atoms. The van der Waals surface area contributed by atoms with Gasteiger partial charge in [0.2, 0.25) is 0 Å². The molecule has 1 amide bonds. The van der Waals surface area contributed by atoms with E-state index in [0.29, 0.717) is 28.6 Å². The van der Waals surface area contributed by atoms with Crippen LogP contribution < -0.4 is 16.7 Å². The SMILES string of the molecule is Cc1c(/C=N/NC(=O)OC(C)(C)C)sc2c1c(=O)n([C@H]1C[C@@H]1C)c(=O)n2CC1CCC1. The second kappa shape index (κ2) is 7.93. The highest BCUT2D eigenvalue weighted by molar-refractivity contribution is 7.20. The first-order valence-electron chi connectivity index (χ1n) is 10.9. The fourth-order valence-corrected chi connectivity index (χ4v) is 5.17. The Bertz CT molecular complexity index is 1160. The number of hydrogen-bond acceptors (Lipinski definition) is 6. The first-order valence-corrected chi connectivity index (χ1v) is 11.7. The van der Waals surface area contributed by atoms with Crippen molar-refractivity contribution in [2.45, 2.75) is 78.5 Å². The summed E-state index contributed by atoms with van der Waals surface area (Å²) in [4.78, 5) is 39.9. The molecule has 2 aromatic heterocycles. The Labute approximate surface area is 184 Å². The summed E-state index contributed by atoms with van der Waals surface area (Å²) in [5, 5.41) is 4.58. The van der Waals surface area contributed by atoms with Gasteiger partial charge in [0.1, 0.15) is 10.4 Å². The minimum Gasteiger partial charge on any atom is -0.443 e. The van der Waals surface area contributed by atoms with Crippen LogP contribution in [-0.4, -0.2) is 27.0 Å². The van der Waals surface area contributed by atoms with Gasteiger partial charge in [0.25, 0.3) is 5.56 Å². The Kier molecular flexibility index (Phi) is 5.57. The second-order valence-electron chi connectivity index (χ2n) is 9.79. The van der Waals surface area contributed by atoms with Crippen LogP contribution in [0.15, 0.2) is 14.7 Å². The number of ether oxygens (including phenoxy) is 1. The highest BCUT2D eigenvalue weighted by Crippen LogP contribution is 2.41. The Morgan fingerprint density at radius 2 is 2.00 bits per heavy atom. The van der Waals surface area contributed by atoms with Gasteiger partial charge >= 0.3 is 11.8 Å². The molecule has 2 aliphatic carbocycles. The zero-order chi connectivity index (χ0) is 22.5. The van der Waals surface area contributed by atoms with Crippen molar-refractivity contribution in [2.24, 2.45) is 16.9 Å². The van der Waals surface area contributed by atoms with E-state index in [0.717, 1.165) is 29.7 Å². The third-order valence-electron chi connectivity index (χ3n) is 6.08. The van der Waals surface area contributed by atoms with Gasteiger partial charge in [-0.1, -0.05) is 13.3 Å². The number of thiophene rings is 1. The van der Waals surface area contributed by atoms with Crippen LogP contribution in [0, 0.1) is 18.8 Å². The zero-order valence-corrected chi connectivity index (χ0v) is 19.5. The van der Waals surface area contributed by atoms with Gasteiger partial charge in [0.05, 0.1) is 16.5 Å². The maximum absolute atomic E-state index is 13.3. The van der Waals surface area contributed by atoms with Gasteiger partial charge in [-0.2, -0.15) is 5.10 Å². The molecule has 4 rings (SSSR count). The van der Waals surface area contributed by atoms with Crippen LogP contribution in [0.4, 0.5) is 4.79 Å². The van der Waals surface area contributed by atoms with Crippen LogP contribution in [0.3, 0.4) is 0 Å². The first-order chi connectivity index (χ1) is 14.6. The summed E-state index contributed by atoms with van der Waals surface area (Å²) < 4.78 is 8.44. The molecule has 2 aromatic rings. The lowest BCUT2D eigenvalue weighted by Gasteiger charge is -2.26. The lowest BCUT2D eigenvalue weighted by molar-refractivity contribution is 0.0529. The second-order valence-corrected chi connectivity index (χ2v) is 10.8. The molecule has 2 heterocycles. The van der Waals surface area contributed by atoms with Crippen molar-refractivity contribution in [3.63, 3.8) is 0 Å². The lowest BCUT2D eigenvalue weighted by Crippen LogP contribution is -2.41. The van der Waals surface area contributed by atoms with Gasteiger partial charge in [-0.05, 0) is 64.4 Å². The Hall–Kier alpha value is -2.42. The van der Waals surface area contributed by atoms with Gasteiger partial charge < -0.3 is 4.74 Å². The van der Waals surface area contributed by atoms with Crippen molar-refractivity contribution in [1.29, 1.82) is 0 Å². The van der Waals surface area contributed by atoms with Crippen molar-refractivity contribution >= 4 is 33.9 Å². The predicted octanol–water partition coefficient (Wildman–Crippen LogP) is 3.77. The predicted molar refractivity (Wildman–Crippen MR) is 122 cm³/mol. The van der Waals surface area contributed by atoms with Crippen molar-refractivity contribution in [2.75, 3.05) is 0 Å². The molecule has 2 atom stereocenters. The third-order valence-corrected chi connectivity index (χ3v) is 7.33. The topological polar surface area (TPSA) is 94.7 Å². The number of rotatable bonds is 5. The summed E-state index contributed by atoms with van der Waals surface area (Å²) in [7, 11) is 0. The number of carbonyl (C=O) groups excluding carboxylic acids is 1. The molecule has 31 heavy (non-hydrogen) atoms. The first kappa shape index (κ1) is 21.8. The van der Waals surface area contributed by atoms with Gasteiger partial charge in [0, 0.05) is 12.6 Å². The van der Waals surface area contributed by atoms with Crippen LogP contribution in [0.25, 0.3) is 10.2 Å². The molecule has 0 aliphatic heterocycles. The van der Waals surface area contributed by atoms with E-state index in [1.165, 1.54) is 28.5 Å². The molecule has 9 heteroatoms. The monoisotopic (exact) mass is 446 g/mol. The average Bonchev–Trinajstić information content (AvgIpc) is 3.23. The molecule has 2 fully saturated rings. The molecular weight excluding hydrogens is 416 g/mol. The molecule has 0 aromatic carbocycles. The number of amides is 1. The summed E-state index contributed by atoms with van der Waals surface area (Å²) in [6.45, 7) is 9.91. The minimum absolute atomic E-state index is 0.0118. The summed E-state index contributed by atoms with van der Waals surface area (Å²) in [5.41, 5.74) is 2.11. The highest BCUT2D eigenvalue weighted by atomic mass is 32.1. The van der Waals surface area contributed by atoms with E-state index in [2.05, 4.69) is 17.5 Å². The third kappa shape index (κ3) is 4.33. The number of hydrazone groups is 1. The quantitative estimate of drug-likeness (QED) is 0.559. The van der Waals surface area contributed by atoms with Crippen LogP contribution in [-0.2, 0) is 11.3 Å². The van der Waals surface area contributed by atoms with E-state index < -0.39 is 11.7 Å². The minimum atomic E-state index is -0.644. The molecule has 1 N–H and O–H groups in total. The number of aromatic nitrogens is 2. The fourth-order valence-electron chi connectivity index (χ4n) is 4.00. The molecule has 168 valence electrons. The Morgan fingerprint density at radius 3 is 2.55 bits per heavy atom. The van der Waals surface area contributed by atoms with Crippen molar-refractivity contribution in [3.8, 4) is 0 Å². The standard InChI is InChI=1S/C22H30N4O4S/c1-12-9-15(12)26-18(27)17-13(2)16(10-23-24-20(28)30-22(3,4)5)31-19(17)25(21(26)29)11-14-7-6-8-14/h10,12,14-15H,6-9,11H2,1-5H3,(H,24,28)/b23-10+/t12-,15-/m0/s1. The molecule has 2 saturated carbocycles. The molecular formula is C22H30N4O4S. The maximum Gasteiger partial charge on any atom is 0.428 e. The van der Waals surface area contributed by atoms with E-state index >= 15 is 0 Å². The van der Waals surface area contributed by atoms with Crippen LogP contribution in [0.5, 0.6) is 0 Å². The van der Waals surface area contributed by atoms with Gasteiger partial charge in [-0.15, -0.1) is 11.3 Å². The summed E-state index contributed by atoms with van der Waals surface area (Å²) in [6, 6.07) is -0.0118. The van der Waals surface area contributed by atoms with Crippen molar-refractivity contribution in [1.82, 2.24) is 14.6 Å². The number of hydrogen-bond donors (Lipinski definition) is 1. The zero-order valence-electron chi connectivity index (χ0n) is 18.7. The van der Waals surface area contributed by atoms with Gasteiger partial charge in [0.15, 0.2) is 0 Å². The fraction of sp³-hybridized carbons (Fsp3) is 0.636. The molecule has 0 bridgehead atoms. The summed E-state index contributed by atoms with van der Waals surface area (Å²) in [5.74, 6) is 0.829. The van der Waals surface area contributed by atoms with Crippen LogP contribution in [0.1, 0.15) is 69.9 Å². The highest BCUT2D eigenvalue weighted by Gasteiger charge is 2.38. The van der Waals surface area contributed by atoms with Gasteiger partial charge in [-0.25, -0.2) is 15.0 Å². The number of nitrogens with one attached hydrogen (secondary N) is 1. The largest absolute Gasteiger partial charge is 0.443 e. The van der Waals surface area contributed by atoms with Crippen molar-refractivity contribution in [3.05, 3.63) is 31.3 Å². The number of carbonyl (C=O) groups is 1. The van der Waals surface area contributed by atoms with E-state index in [1.54, 1.807) is 25.3 Å². The maximum atomic E-state index is 13.3. The summed E-state index contributed by atoms with van der Waals surface area (Å²) >= 11 is 1.37. The summed E-state index contributed by atoms with van der Waals surface area (Å²) in [6.07, 6.45) is 5.16. The molecule has 0 unspecified atom stereocenters. The van der Waals surface area contributed by atoms with Gasteiger partial charge in [-0.3, -0.25) is 13.9 Å². The molecule has 8 nitrogen and oxygen atoms in total.